The molecule has 22 heavy (non-hydrogen) atoms. The van der Waals surface area contributed by atoms with Gasteiger partial charge in [0.05, 0.1) is 5.54 Å². The molecule has 1 fully saturated rings. The molecule has 8 heteroatoms. The monoisotopic (exact) mass is 307 g/mol. The third-order valence-corrected chi connectivity index (χ3v) is 3.42. The molecule has 4 N–H and O–H groups in total. The Morgan fingerprint density at radius 2 is 1.91 bits per heavy atom. The molecule has 1 atom stereocenters. The lowest BCUT2D eigenvalue weighted by atomic mass is 10.1. The molecule has 0 aromatic heterocycles. The van der Waals surface area contributed by atoms with Crippen LogP contribution in [-0.4, -0.2) is 45.2 Å². The third kappa shape index (κ3) is 2.95. The quantitative estimate of drug-likeness (QED) is 0.665. The Bertz CT molecular complexity index is 611. The van der Waals surface area contributed by atoms with Crippen LogP contribution in [-0.2, 0) is 4.79 Å². The molecule has 1 saturated heterocycles. The predicted molar refractivity (Wildman–Crippen MR) is 76.3 cm³/mol. The first-order valence-electron chi connectivity index (χ1n) is 6.62. The molecular formula is C14H17N3O5. The predicted octanol–water partition coefficient (Wildman–Crippen LogP) is 1.03. The zero-order chi connectivity index (χ0) is 16.5. The first-order valence-corrected chi connectivity index (χ1v) is 6.62. The van der Waals surface area contributed by atoms with Crippen LogP contribution < -0.4 is 10.6 Å². The topological polar surface area (TPSA) is 119 Å². The van der Waals surface area contributed by atoms with Crippen molar-refractivity contribution in [1.29, 1.82) is 0 Å². The van der Waals surface area contributed by atoms with Crippen LogP contribution >= 0.6 is 0 Å². The smallest absolute Gasteiger partial charge is 0.330 e. The number of urea groups is 2. The van der Waals surface area contributed by atoms with Crippen LogP contribution in [0.15, 0.2) is 24.3 Å². The summed E-state index contributed by atoms with van der Waals surface area (Å²) in [7, 11) is 0. The maximum Gasteiger partial charge on any atom is 0.330 e. The van der Waals surface area contributed by atoms with Gasteiger partial charge in [0, 0.05) is 6.54 Å². The van der Waals surface area contributed by atoms with E-state index in [0.717, 1.165) is 4.90 Å². The lowest BCUT2D eigenvalue weighted by molar-refractivity contribution is -0.139. The van der Waals surface area contributed by atoms with Crippen LogP contribution in [0.1, 0.15) is 25.5 Å². The molecule has 0 saturated carbocycles. The highest BCUT2D eigenvalue weighted by atomic mass is 16.4. The van der Waals surface area contributed by atoms with E-state index in [-0.39, 0.29) is 17.9 Å². The number of amides is 4. The number of phenolic OH excluding ortho intramolecular Hbond substituents is 1. The van der Waals surface area contributed by atoms with E-state index in [2.05, 4.69) is 10.6 Å². The van der Waals surface area contributed by atoms with Gasteiger partial charge in [0.2, 0.25) is 0 Å². The summed E-state index contributed by atoms with van der Waals surface area (Å²) < 4.78 is 0. The summed E-state index contributed by atoms with van der Waals surface area (Å²) in [4.78, 5) is 36.3. The second kappa shape index (κ2) is 5.55. The summed E-state index contributed by atoms with van der Waals surface area (Å²) in [6, 6.07) is 2.75. The molecule has 2 rings (SSSR count). The normalized spacial score (nSPS) is 17.7. The van der Waals surface area contributed by atoms with E-state index >= 15 is 0 Å². The van der Waals surface area contributed by atoms with Gasteiger partial charge in [-0.1, -0.05) is 12.1 Å². The fourth-order valence-electron chi connectivity index (χ4n) is 2.23. The number of aliphatic carboxylic acids is 1. The van der Waals surface area contributed by atoms with Crippen LogP contribution in [0.5, 0.6) is 5.75 Å². The summed E-state index contributed by atoms with van der Waals surface area (Å²) in [5.74, 6) is -1.28. The Balaban J connectivity index is 2.21. The Hall–Kier alpha value is -2.77. The van der Waals surface area contributed by atoms with Gasteiger partial charge in [0.1, 0.15) is 5.75 Å². The molecule has 1 unspecified atom stereocenters. The number of carbonyl (C=O) groups excluding carboxylic acids is 2. The number of nitrogens with zero attached hydrogens (tertiary/aromatic N) is 1. The van der Waals surface area contributed by atoms with Gasteiger partial charge in [-0.05, 0) is 31.5 Å². The summed E-state index contributed by atoms with van der Waals surface area (Å²) in [6.07, 6.45) is 0. The van der Waals surface area contributed by atoms with Crippen molar-refractivity contribution in [3.63, 3.8) is 0 Å². The standard InChI is InChI=1S/C14H17N3O5/c1-14(2)7-15-12(21)17(14)13(22)16-10(11(19)20)8-3-5-9(18)6-4-8/h3-6,10,18H,7H2,1-2H3,(H,15,21)(H,16,22)(H,19,20). The number of phenols is 1. The van der Waals surface area contributed by atoms with Crippen molar-refractivity contribution < 1.29 is 24.6 Å². The van der Waals surface area contributed by atoms with Gasteiger partial charge in [-0.15, -0.1) is 0 Å². The van der Waals surface area contributed by atoms with Gasteiger partial charge in [0.25, 0.3) is 0 Å². The van der Waals surface area contributed by atoms with Crippen molar-refractivity contribution in [2.75, 3.05) is 6.54 Å². The Morgan fingerprint density at radius 3 is 2.36 bits per heavy atom. The summed E-state index contributed by atoms with van der Waals surface area (Å²) in [5, 5.41) is 23.4. The molecule has 4 amide bonds. The molecule has 1 aliphatic heterocycles. The second-order valence-corrected chi connectivity index (χ2v) is 5.62. The number of aromatic hydroxyl groups is 1. The Kier molecular flexibility index (Phi) is 3.94. The molecule has 0 aliphatic carbocycles. The maximum absolute atomic E-state index is 12.3. The minimum absolute atomic E-state index is 0.0146. The molecular weight excluding hydrogens is 290 g/mol. The van der Waals surface area contributed by atoms with E-state index in [0.29, 0.717) is 0 Å². The lowest BCUT2D eigenvalue weighted by Gasteiger charge is -2.29. The van der Waals surface area contributed by atoms with E-state index < -0.39 is 29.6 Å². The van der Waals surface area contributed by atoms with E-state index in [1.165, 1.54) is 24.3 Å². The van der Waals surface area contributed by atoms with Crippen LogP contribution in [0.3, 0.4) is 0 Å². The highest BCUT2D eigenvalue weighted by molar-refractivity contribution is 5.97. The molecule has 1 aromatic rings. The molecule has 0 bridgehead atoms. The molecule has 1 aliphatic rings. The van der Waals surface area contributed by atoms with E-state index in [9.17, 15) is 24.6 Å². The summed E-state index contributed by atoms with van der Waals surface area (Å²) in [6.45, 7) is 3.68. The fraction of sp³-hybridized carbons (Fsp3) is 0.357. The van der Waals surface area contributed by atoms with E-state index in [1.54, 1.807) is 13.8 Å². The average Bonchev–Trinajstić information content (AvgIpc) is 2.70. The first kappa shape index (κ1) is 15.6. The van der Waals surface area contributed by atoms with Crippen molar-refractivity contribution in [2.45, 2.75) is 25.4 Å². The van der Waals surface area contributed by atoms with Gasteiger partial charge in [-0.3, -0.25) is 0 Å². The molecule has 1 aromatic carbocycles. The number of hydrogen-bond acceptors (Lipinski definition) is 4. The number of carbonyl (C=O) groups is 3. The number of carboxylic acid groups (broad SMARTS) is 1. The largest absolute Gasteiger partial charge is 0.508 e. The molecule has 0 spiro atoms. The van der Waals surface area contributed by atoms with E-state index in [4.69, 9.17) is 0 Å². The lowest BCUT2D eigenvalue weighted by Crippen LogP contribution is -2.52. The molecule has 1 heterocycles. The number of carboxylic acids is 1. The fourth-order valence-corrected chi connectivity index (χ4v) is 2.23. The third-order valence-electron chi connectivity index (χ3n) is 3.42. The van der Waals surface area contributed by atoms with Crippen LogP contribution in [0.2, 0.25) is 0 Å². The molecule has 0 radical (unpaired) electrons. The van der Waals surface area contributed by atoms with Crippen LogP contribution in [0, 0.1) is 0 Å². The highest BCUT2D eigenvalue weighted by Gasteiger charge is 2.43. The number of nitrogens with one attached hydrogen (secondary N) is 2. The van der Waals surface area contributed by atoms with Gasteiger partial charge >= 0.3 is 18.0 Å². The Labute approximate surface area is 126 Å². The van der Waals surface area contributed by atoms with Crippen molar-refractivity contribution in [3.8, 4) is 5.75 Å². The maximum atomic E-state index is 12.3. The second-order valence-electron chi connectivity index (χ2n) is 5.62. The first-order chi connectivity index (χ1) is 10.2. The molecule has 118 valence electrons. The van der Waals surface area contributed by atoms with E-state index in [1.807, 2.05) is 0 Å². The number of hydrogen-bond donors (Lipinski definition) is 4. The summed E-state index contributed by atoms with van der Waals surface area (Å²) in [5.41, 5.74) is -0.463. The SMILES string of the molecule is CC1(C)CNC(=O)N1C(=O)NC(C(=O)O)c1ccc(O)cc1. The van der Waals surface area contributed by atoms with Crippen LogP contribution in [0.25, 0.3) is 0 Å². The minimum Gasteiger partial charge on any atom is -0.508 e. The van der Waals surface area contributed by atoms with Gasteiger partial charge < -0.3 is 20.8 Å². The van der Waals surface area contributed by atoms with Gasteiger partial charge in [0.15, 0.2) is 6.04 Å². The zero-order valence-corrected chi connectivity index (χ0v) is 12.2. The molecule has 8 nitrogen and oxygen atoms in total. The van der Waals surface area contributed by atoms with Gasteiger partial charge in [-0.25, -0.2) is 19.3 Å². The summed E-state index contributed by atoms with van der Waals surface area (Å²) >= 11 is 0. The van der Waals surface area contributed by atoms with Crippen molar-refractivity contribution >= 4 is 18.0 Å². The van der Waals surface area contributed by atoms with Crippen molar-refractivity contribution in [3.05, 3.63) is 29.8 Å². The number of benzene rings is 1. The number of rotatable bonds is 3. The minimum atomic E-state index is -1.32. The Morgan fingerprint density at radius 1 is 1.32 bits per heavy atom. The van der Waals surface area contributed by atoms with Crippen molar-refractivity contribution in [1.82, 2.24) is 15.5 Å². The zero-order valence-electron chi connectivity index (χ0n) is 12.2. The number of imide groups is 1. The van der Waals surface area contributed by atoms with Crippen molar-refractivity contribution in [2.24, 2.45) is 0 Å². The average molecular weight is 307 g/mol. The van der Waals surface area contributed by atoms with Crippen LogP contribution in [0.4, 0.5) is 9.59 Å². The highest BCUT2D eigenvalue weighted by Crippen LogP contribution is 2.22. The van der Waals surface area contributed by atoms with Gasteiger partial charge in [-0.2, -0.15) is 0 Å².